The molecule has 0 aliphatic rings. The van der Waals surface area contributed by atoms with Gasteiger partial charge in [-0.25, -0.2) is 0 Å². The van der Waals surface area contributed by atoms with Crippen molar-refractivity contribution in [1.82, 2.24) is 0 Å². The normalized spacial score (nSPS) is 10.2. The van der Waals surface area contributed by atoms with Crippen molar-refractivity contribution >= 4 is 49.0 Å². The molecule has 0 saturated heterocycles. The Bertz CT molecular complexity index is 512. The number of halogens is 2. The van der Waals surface area contributed by atoms with E-state index < -0.39 is 0 Å². The summed E-state index contributed by atoms with van der Waals surface area (Å²) in [7, 11) is 0. The largest absolute Gasteiger partial charge is 0.192 e. The molecular formula is C9H3BrClNS. The average molecular weight is 273 g/mol. The van der Waals surface area contributed by atoms with Gasteiger partial charge < -0.3 is 0 Å². The van der Waals surface area contributed by atoms with Gasteiger partial charge in [0, 0.05) is 19.9 Å². The van der Waals surface area contributed by atoms with Crippen LogP contribution in [0.3, 0.4) is 0 Å². The van der Waals surface area contributed by atoms with E-state index in [1.54, 1.807) is 6.07 Å². The molecule has 0 amide bonds. The van der Waals surface area contributed by atoms with Gasteiger partial charge in [-0.2, -0.15) is 5.26 Å². The quantitative estimate of drug-likeness (QED) is 0.705. The van der Waals surface area contributed by atoms with Crippen molar-refractivity contribution in [2.75, 3.05) is 0 Å². The highest BCUT2D eigenvalue weighted by Crippen LogP contribution is 2.34. The zero-order valence-corrected chi connectivity index (χ0v) is 9.50. The van der Waals surface area contributed by atoms with E-state index in [1.807, 2.05) is 11.4 Å². The highest BCUT2D eigenvalue weighted by Gasteiger charge is 2.08. The molecule has 0 saturated carbocycles. The molecule has 0 atom stereocenters. The molecule has 13 heavy (non-hydrogen) atoms. The lowest BCUT2D eigenvalue weighted by Crippen LogP contribution is -1.72. The summed E-state index contributed by atoms with van der Waals surface area (Å²) in [6.07, 6.45) is 0. The van der Waals surface area contributed by atoms with E-state index >= 15 is 0 Å². The molecule has 1 heterocycles. The van der Waals surface area contributed by atoms with Crippen molar-refractivity contribution in [1.29, 1.82) is 5.26 Å². The highest BCUT2D eigenvalue weighted by atomic mass is 79.9. The summed E-state index contributed by atoms with van der Waals surface area (Å²) in [5, 5.41) is 12.1. The molecule has 2 aromatic rings. The summed E-state index contributed by atoms with van der Waals surface area (Å²) in [5.74, 6) is 0. The third-order valence-electron chi connectivity index (χ3n) is 1.71. The van der Waals surface area contributed by atoms with Gasteiger partial charge in [-0.1, -0.05) is 27.5 Å². The van der Waals surface area contributed by atoms with Crippen LogP contribution in [0.15, 0.2) is 22.0 Å². The molecule has 0 aliphatic carbocycles. The minimum absolute atomic E-state index is 0.627. The second-order valence-corrected chi connectivity index (χ2v) is 4.76. The second kappa shape index (κ2) is 3.30. The minimum Gasteiger partial charge on any atom is -0.192 e. The van der Waals surface area contributed by atoms with Crippen LogP contribution >= 0.6 is 38.9 Å². The highest BCUT2D eigenvalue weighted by molar-refractivity contribution is 9.10. The number of benzene rings is 1. The topological polar surface area (TPSA) is 23.8 Å². The van der Waals surface area contributed by atoms with Crippen LogP contribution in [0.2, 0.25) is 5.02 Å². The molecule has 0 unspecified atom stereocenters. The molecule has 0 aliphatic heterocycles. The zero-order chi connectivity index (χ0) is 9.42. The van der Waals surface area contributed by atoms with Crippen molar-refractivity contribution in [2.45, 2.75) is 0 Å². The number of fused-ring (bicyclic) bond motifs is 1. The maximum atomic E-state index is 8.80. The lowest BCUT2D eigenvalue weighted by Gasteiger charge is -1.95. The Morgan fingerprint density at radius 1 is 1.46 bits per heavy atom. The van der Waals surface area contributed by atoms with Crippen LogP contribution in [0.4, 0.5) is 0 Å². The van der Waals surface area contributed by atoms with E-state index in [-0.39, 0.29) is 0 Å². The first-order valence-electron chi connectivity index (χ1n) is 3.48. The van der Waals surface area contributed by atoms with Gasteiger partial charge in [0.2, 0.25) is 0 Å². The third kappa shape index (κ3) is 1.46. The number of hydrogen-bond donors (Lipinski definition) is 0. The maximum absolute atomic E-state index is 8.80. The Morgan fingerprint density at radius 2 is 2.23 bits per heavy atom. The Labute approximate surface area is 92.7 Å². The van der Waals surface area contributed by atoms with Crippen LogP contribution < -0.4 is 0 Å². The standard InChI is InChI=1S/C9H3BrClNS/c10-6-1-7(11)9-5(3-12)4-13-8(9)2-6/h1-2,4H. The summed E-state index contributed by atoms with van der Waals surface area (Å²) < 4.78 is 1.98. The lowest BCUT2D eigenvalue weighted by atomic mass is 10.2. The molecule has 1 aromatic carbocycles. The lowest BCUT2D eigenvalue weighted by molar-refractivity contribution is 1.52. The number of thiophene rings is 1. The molecule has 1 nitrogen and oxygen atoms in total. The molecule has 0 bridgehead atoms. The van der Waals surface area contributed by atoms with Crippen molar-refractivity contribution in [3.05, 3.63) is 32.6 Å². The Balaban J connectivity index is 2.92. The Kier molecular flexibility index (Phi) is 2.29. The van der Waals surface area contributed by atoms with Gasteiger partial charge in [0.1, 0.15) is 6.07 Å². The van der Waals surface area contributed by atoms with E-state index in [1.165, 1.54) is 11.3 Å². The summed E-state index contributed by atoms with van der Waals surface area (Å²) in [4.78, 5) is 0. The second-order valence-electron chi connectivity index (χ2n) is 2.52. The van der Waals surface area contributed by atoms with Gasteiger partial charge in [-0.05, 0) is 12.1 Å². The van der Waals surface area contributed by atoms with Gasteiger partial charge in [-0.3, -0.25) is 0 Å². The van der Waals surface area contributed by atoms with E-state index in [0.717, 1.165) is 14.6 Å². The fraction of sp³-hybridized carbons (Fsp3) is 0. The smallest absolute Gasteiger partial charge is 0.101 e. The number of nitriles is 1. The van der Waals surface area contributed by atoms with Crippen LogP contribution in [0.5, 0.6) is 0 Å². The summed E-state index contributed by atoms with van der Waals surface area (Å²) in [6.45, 7) is 0. The van der Waals surface area contributed by atoms with Crippen molar-refractivity contribution in [3.63, 3.8) is 0 Å². The molecule has 64 valence electrons. The van der Waals surface area contributed by atoms with E-state index in [0.29, 0.717) is 10.6 Å². The van der Waals surface area contributed by atoms with E-state index in [2.05, 4.69) is 22.0 Å². The molecule has 4 heteroatoms. The maximum Gasteiger partial charge on any atom is 0.101 e. The SMILES string of the molecule is N#Cc1csc2cc(Br)cc(Cl)c12. The molecule has 0 fully saturated rings. The monoisotopic (exact) mass is 271 g/mol. The van der Waals surface area contributed by atoms with Crippen molar-refractivity contribution < 1.29 is 0 Å². The fourth-order valence-corrected chi connectivity index (χ4v) is 3.23. The summed E-state index contributed by atoms with van der Waals surface area (Å²) >= 11 is 10.9. The predicted octanol–water partition coefficient (Wildman–Crippen LogP) is 4.19. The van der Waals surface area contributed by atoms with Gasteiger partial charge in [-0.15, -0.1) is 11.3 Å². The first kappa shape index (κ1) is 9.01. The van der Waals surface area contributed by atoms with Gasteiger partial charge in [0.25, 0.3) is 0 Å². The molecule has 0 radical (unpaired) electrons. The van der Waals surface area contributed by atoms with Gasteiger partial charge in [0.15, 0.2) is 0 Å². The molecule has 0 spiro atoms. The first-order valence-corrected chi connectivity index (χ1v) is 5.54. The number of nitrogens with zero attached hydrogens (tertiary/aromatic N) is 1. The molecule has 2 rings (SSSR count). The number of hydrogen-bond acceptors (Lipinski definition) is 2. The Hall–Kier alpha value is -0.560. The van der Waals surface area contributed by atoms with Crippen LogP contribution in [0.25, 0.3) is 10.1 Å². The summed E-state index contributed by atoms with van der Waals surface area (Å²) in [6, 6.07) is 5.89. The van der Waals surface area contributed by atoms with Crippen molar-refractivity contribution in [3.8, 4) is 6.07 Å². The predicted molar refractivity (Wildman–Crippen MR) is 59.3 cm³/mol. The zero-order valence-electron chi connectivity index (χ0n) is 6.34. The third-order valence-corrected chi connectivity index (χ3v) is 3.40. The first-order chi connectivity index (χ1) is 6.22. The van der Waals surface area contributed by atoms with Crippen LogP contribution in [0.1, 0.15) is 5.56 Å². The van der Waals surface area contributed by atoms with Gasteiger partial charge >= 0.3 is 0 Å². The van der Waals surface area contributed by atoms with E-state index in [4.69, 9.17) is 16.9 Å². The fourth-order valence-electron chi connectivity index (χ4n) is 1.17. The Morgan fingerprint density at radius 3 is 2.92 bits per heavy atom. The van der Waals surface area contributed by atoms with E-state index in [9.17, 15) is 0 Å². The summed E-state index contributed by atoms with van der Waals surface area (Å²) in [5.41, 5.74) is 0.650. The number of rotatable bonds is 0. The van der Waals surface area contributed by atoms with Gasteiger partial charge in [0.05, 0.1) is 10.6 Å². The minimum atomic E-state index is 0.627. The molecule has 0 N–H and O–H groups in total. The van der Waals surface area contributed by atoms with Crippen molar-refractivity contribution in [2.24, 2.45) is 0 Å². The van der Waals surface area contributed by atoms with Crippen LogP contribution in [-0.4, -0.2) is 0 Å². The van der Waals surface area contributed by atoms with Crippen LogP contribution in [0, 0.1) is 11.3 Å². The average Bonchev–Trinajstić information content (AvgIpc) is 2.47. The molecular weight excluding hydrogens is 270 g/mol. The molecule has 1 aromatic heterocycles. The van der Waals surface area contributed by atoms with Crippen LogP contribution in [-0.2, 0) is 0 Å².